The Labute approximate surface area is 159 Å². The van der Waals surface area contributed by atoms with E-state index in [4.69, 9.17) is 0 Å². The first-order chi connectivity index (χ1) is 12.1. The van der Waals surface area contributed by atoms with Crippen LogP contribution < -0.4 is 4.57 Å². The summed E-state index contributed by atoms with van der Waals surface area (Å²) >= 11 is 2.22. The quantitative estimate of drug-likeness (QED) is 0.355. The average Bonchev–Trinajstić information content (AvgIpc) is 2.86. The van der Waals surface area contributed by atoms with Crippen LogP contribution in [0.25, 0.3) is 0 Å². The number of carbonyl (C=O) groups is 2. The fourth-order valence-electron chi connectivity index (χ4n) is 3.49. The molecule has 1 heterocycles. The third kappa shape index (κ3) is 2.52. The van der Waals surface area contributed by atoms with E-state index in [0.29, 0.717) is 17.7 Å². The molecule has 0 radical (unpaired) electrons. The van der Waals surface area contributed by atoms with Crippen molar-refractivity contribution in [3.8, 4) is 0 Å². The number of benzene rings is 2. The Balaban J connectivity index is 1.93. The summed E-state index contributed by atoms with van der Waals surface area (Å²) in [6.07, 6.45) is 3.77. The van der Waals surface area contributed by atoms with E-state index in [-0.39, 0.29) is 11.6 Å². The van der Waals surface area contributed by atoms with Crippen LogP contribution in [-0.4, -0.2) is 11.6 Å². The first-order valence-electron chi connectivity index (χ1n) is 8.02. The van der Waals surface area contributed by atoms with E-state index in [2.05, 4.69) is 22.6 Å². The highest BCUT2D eigenvalue weighted by Gasteiger charge is 2.56. The third-order valence-electron chi connectivity index (χ3n) is 4.73. The molecule has 1 aromatic heterocycles. The maximum atomic E-state index is 13.4. The lowest BCUT2D eigenvalue weighted by molar-refractivity contribution is -0.700. The molecule has 3 aromatic rings. The number of Topliss-reactive ketones (excluding diaryl/α,β-unsaturated/α-hetero) is 2. The van der Waals surface area contributed by atoms with Gasteiger partial charge in [0.05, 0.1) is 0 Å². The molecule has 0 aliphatic heterocycles. The van der Waals surface area contributed by atoms with E-state index < -0.39 is 5.41 Å². The number of fused-ring (bicyclic) bond motifs is 1. The van der Waals surface area contributed by atoms with Gasteiger partial charge in [-0.3, -0.25) is 9.59 Å². The van der Waals surface area contributed by atoms with Gasteiger partial charge in [-0.25, -0.2) is 4.57 Å². The Kier molecular flexibility index (Phi) is 4.00. The lowest BCUT2D eigenvalue weighted by Crippen LogP contribution is -2.52. The number of halogens is 1. The summed E-state index contributed by atoms with van der Waals surface area (Å²) < 4.78 is 2.97. The lowest BCUT2D eigenvalue weighted by atomic mass is 9.75. The summed E-state index contributed by atoms with van der Waals surface area (Å²) in [5.74, 6) is -0.240. The zero-order valence-electron chi connectivity index (χ0n) is 13.4. The van der Waals surface area contributed by atoms with Crippen LogP contribution >= 0.6 is 22.6 Å². The highest BCUT2D eigenvalue weighted by atomic mass is 127. The van der Waals surface area contributed by atoms with Gasteiger partial charge in [-0.2, -0.15) is 0 Å². The number of nitrogens with zero attached hydrogens (tertiary/aromatic N) is 1. The van der Waals surface area contributed by atoms with E-state index in [0.717, 1.165) is 9.13 Å². The van der Waals surface area contributed by atoms with Gasteiger partial charge in [0, 0.05) is 26.8 Å². The van der Waals surface area contributed by atoms with Crippen molar-refractivity contribution >= 4 is 34.2 Å². The molecule has 0 saturated carbocycles. The van der Waals surface area contributed by atoms with Crippen molar-refractivity contribution in [1.29, 1.82) is 0 Å². The SMILES string of the molecule is O=C1c2ccccc2C(=O)C1(C[n+]1ccccc1)c1ccc(I)cc1. The molecular formula is C21H15INO2+. The smallest absolute Gasteiger partial charge is 0.188 e. The summed E-state index contributed by atoms with van der Waals surface area (Å²) in [4.78, 5) is 26.8. The van der Waals surface area contributed by atoms with Crippen LogP contribution in [0.4, 0.5) is 0 Å². The maximum absolute atomic E-state index is 13.4. The van der Waals surface area contributed by atoms with Gasteiger partial charge in [0.25, 0.3) is 0 Å². The largest absolute Gasteiger partial charge is 0.292 e. The summed E-state index contributed by atoms with van der Waals surface area (Å²) in [5.41, 5.74) is 0.570. The Morgan fingerprint density at radius 1 is 0.760 bits per heavy atom. The van der Waals surface area contributed by atoms with Crippen LogP contribution in [0.3, 0.4) is 0 Å². The average molecular weight is 440 g/mol. The highest BCUT2D eigenvalue weighted by Crippen LogP contribution is 2.40. The monoisotopic (exact) mass is 440 g/mol. The minimum atomic E-state index is -1.21. The molecule has 0 N–H and O–H groups in total. The number of pyridine rings is 1. The van der Waals surface area contributed by atoms with Gasteiger partial charge in [0.15, 0.2) is 35.9 Å². The number of carbonyl (C=O) groups excluding carboxylic acids is 2. The van der Waals surface area contributed by atoms with Crippen LogP contribution in [0, 0.1) is 3.57 Å². The molecule has 4 rings (SSSR count). The standard InChI is InChI=1S/C21H15INO2/c22-16-10-8-15(9-11-16)21(14-23-12-4-1-5-13-23)19(24)17-6-2-3-7-18(17)20(21)25/h1-13H,14H2/q+1. The van der Waals surface area contributed by atoms with Crippen molar-refractivity contribution in [1.82, 2.24) is 0 Å². The van der Waals surface area contributed by atoms with Crippen molar-refractivity contribution < 1.29 is 14.2 Å². The molecule has 0 spiro atoms. The molecule has 3 nitrogen and oxygen atoms in total. The lowest BCUT2D eigenvalue weighted by Gasteiger charge is -2.23. The minimum absolute atomic E-state index is 0.120. The molecule has 1 aliphatic rings. The predicted octanol–water partition coefficient (Wildman–Crippen LogP) is 3.60. The van der Waals surface area contributed by atoms with Gasteiger partial charge < -0.3 is 0 Å². The summed E-state index contributed by atoms with van der Waals surface area (Å²) in [6, 6.07) is 20.5. The normalized spacial score (nSPS) is 15.2. The van der Waals surface area contributed by atoms with Gasteiger partial charge in [0.1, 0.15) is 0 Å². The van der Waals surface area contributed by atoms with E-state index in [9.17, 15) is 9.59 Å². The predicted molar refractivity (Wildman–Crippen MR) is 103 cm³/mol. The van der Waals surface area contributed by atoms with Gasteiger partial charge in [0.2, 0.25) is 0 Å². The van der Waals surface area contributed by atoms with E-state index in [1.54, 1.807) is 12.1 Å². The van der Waals surface area contributed by atoms with Crippen molar-refractivity contribution in [3.05, 3.63) is 99.4 Å². The molecule has 0 bridgehead atoms. The number of rotatable bonds is 3. The van der Waals surface area contributed by atoms with Crippen LogP contribution in [0.2, 0.25) is 0 Å². The van der Waals surface area contributed by atoms with Crippen molar-refractivity contribution in [2.75, 3.05) is 0 Å². The molecule has 4 heteroatoms. The molecule has 2 aromatic carbocycles. The number of ketones is 2. The second-order valence-electron chi connectivity index (χ2n) is 6.16. The fraction of sp³-hybridized carbons (Fsp3) is 0.0952. The summed E-state index contributed by atoms with van der Waals surface area (Å²) in [6.45, 7) is 0.292. The molecule has 1 aliphatic carbocycles. The zero-order chi connectivity index (χ0) is 17.4. The van der Waals surface area contributed by atoms with Crippen molar-refractivity contribution in [3.63, 3.8) is 0 Å². The van der Waals surface area contributed by atoms with E-state index in [1.165, 1.54) is 0 Å². The van der Waals surface area contributed by atoms with Gasteiger partial charge >= 0.3 is 0 Å². The molecule has 0 atom stereocenters. The first-order valence-corrected chi connectivity index (χ1v) is 9.09. The second-order valence-corrected chi connectivity index (χ2v) is 7.41. The Bertz CT molecular complexity index is 930. The van der Waals surface area contributed by atoms with Crippen LogP contribution in [0.15, 0.2) is 79.1 Å². The van der Waals surface area contributed by atoms with Gasteiger partial charge in [-0.15, -0.1) is 0 Å². The zero-order valence-corrected chi connectivity index (χ0v) is 15.5. The molecule has 0 fully saturated rings. The van der Waals surface area contributed by atoms with E-state index in [1.807, 2.05) is 71.6 Å². The van der Waals surface area contributed by atoms with Gasteiger partial charge in [-0.05, 0) is 40.3 Å². The van der Waals surface area contributed by atoms with Crippen LogP contribution in [0.5, 0.6) is 0 Å². The van der Waals surface area contributed by atoms with Crippen LogP contribution in [-0.2, 0) is 12.0 Å². The molecular weight excluding hydrogens is 425 g/mol. The number of aromatic nitrogens is 1. The Morgan fingerprint density at radius 2 is 1.32 bits per heavy atom. The molecule has 0 unspecified atom stereocenters. The highest BCUT2D eigenvalue weighted by molar-refractivity contribution is 14.1. The van der Waals surface area contributed by atoms with Crippen LogP contribution in [0.1, 0.15) is 26.3 Å². The molecule has 25 heavy (non-hydrogen) atoms. The maximum Gasteiger partial charge on any atom is 0.188 e. The topological polar surface area (TPSA) is 38.0 Å². The number of hydrogen-bond acceptors (Lipinski definition) is 2. The summed E-state index contributed by atoms with van der Waals surface area (Å²) in [7, 11) is 0. The van der Waals surface area contributed by atoms with Crippen molar-refractivity contribution in [2.24, 2.45) is 0 Å². The molecule has 0 saturated heterocycles. The third-order valence-corrected chi connectivity index (χ3v) is 5.44. The van der Waals surface area contributed by atoms with Gasteiger partial charge in [-0.1, -0.05) is 42.5 Å². The van der Waals surface area contributed by atoms with Crippen molar-refractivity contribution in [2.45, 2.75) is 12.0 Å². The second kappa shape index (κ2) is 6.19. The van der Waals surface area contributed by atoms with E-state index >= 15 is 0 Å². The minimum Gasteiger partial charge on any atom is -0.292 e. The fourth-order valence-corrected chi connectivity index (χ4v) is 3.85. The first kappa shape index (κ1) is 16.1. The summed E-state index contributed by atoms with van der Waals surface area (Å²) in [5, 5.41) is 0. The number of hydrogen-bond donors (Lipinski definition) is 0. The molecule has 0 amide bonds. The Morgan fingerprint density at radius 3 is 1.88 bits per heavy atom. The molecule has 122 valence electrons. The Hall–Kier alpha value is -2.34.